The zero-order valence-corrected chi connectivity index (χ0v) is 20.7. The van der Waals surface area contributed by atoms with Crippen molar-refractivity contribution in [1.29, 1.82) is 0 Å². The summed E-state index contributed by atoms with van der Waals surface area (Å²) >= 11 is 1.82. The third kappa shape index (κ3) is 4.62. The number of carbonyl (C=O) groups is 2. The van der Waals surface area contributed by atoms with Crippen LogP contribution >= 0.6 is 11.3 Å². The lowest BCUT2D eigenvalue weighted by atomic mass is 9.92. The first-order valence-electron chi connectivity index (χ1n) is 11.6. The SMILES string of the molecule is Cc1ccc(C2c3ccsc3CCN2CC(=O)N2CCN(C(=O)C(C)(C)C)C(C)C2)cc1. The number of aryl methyl sites for hydroxylation is 1. The first-order chi connectivity index (χ1) is 15.1. The molecule has 2 aromatic rings. The molecule has 6 heteroatoms. The summed E-state index contributed by atoms with van der Waals surface area (Å²) < 4.78 is 0. The van der Waals surface area contributed by atoms with E-state index in [2.05, 4.69) is 54.5 Å². The molecule has 2 amide bonds. The summed E-state index contributed by atoms with van der Waals surface area (Å²) in [5.41, 5.74) is 3.44. The van der Waals surface area contributed by atoms with E-state index in [1.807, 2.05) is 41.9 Å². The molecule has 0 aliphatic carbocycles. The lowest BCUT2D eigenvalue weighted by molar-refractivity contribution is -0.148. The largest absolute Gasteiger partial charge is 0.338 e. The van der Waals surface area contributed by atoms with Crippen molar-refractivity contribution >= 4 is 23.2 Å². The second-order valence-corrected chi connectivity index (χ2v) is 11.3. The van der Waals surface area contributed by atoms with Gasteiger partial charge in [0.15, 0.2) is 0 Å². The Morgan fingerprint density at radius 3 is 2.44 bits per heavy atom. The molecular weight excluding hydrogens is 418 g/mol. The smallest absolute Gasteiger partial charge is 0.236 e. The van der Waals surface area contributed by atoms with Crippen molar-refractivity contribution in [2.75, 3.05) is 32.7 Å². The van der Waals surface area contributed by atoms with Crippen LogP contribution in [0.2, 0.25) is 0 Å². The van der Waals surface area contributed by atoms with E-state index in [9.17, 15) is 9.59 Å². The molecule has 1 fully saturated rings. The molecule has 0 radical (unpaired) electrons. The number of carbonyl (C=O) groups excluding carboxylic acids is 2. The summed E-state index contributed by atoms with van der Waals surface area (Å²) in [6.07, 6.45) is 0.993. The molecule has 3 heterocycles. The molecule has 1 aromatic carbocycles. The number of rotatable bonds is 3. The van der Waals surface area contributed by atoms with Crippen molar-refractivity contribution in [3.05, 3.63) is 57.3 Å². The fourth-order valence-corrected chi connectivity index (χ4v) is 5.77. The fraction of sp³-hybridized carbons (Fsp3) is 0.538. The zero-order valence-electron chi connectivity index (χ0n) is 19.9. The Kier molecular flexibility index (Phi) is 6.46. The van der Waals surface area contributed by atoms with Gasteiger partial charge in [-0.3, -0.25) is 14.5 Å². The van der Waals surface area contributed by atoms with Crippen LogP contribution in [0.5, 0.6) is 0 Å². The highest BCUT2D eigenvalue weighted by Crippen LogP contribution is 2.37. The number of benzene rings is 1. The Hall–Kier alpha value is -2.18. The van der Waals surface area contributed by atoms with E-state index in [1.54, 1.807) is 0 Å². The third-order valence-electron chi connectivity index (χ3n) is 6.68. The second-order valence-electron chi connectivity index (χ2n) is 10.3. The van der Waals surface area contributed by atoms with E-state index in [-0.39, 0.29) is 23.9 Å². The molecule has 2 atom stereocenters. The van der Waals surface area contributed by atoms with Crippen LogP contribution in [0.15, 0.2) is 35.7 Å². The van der Waals surface area contributed by atoms with Crippen LogP contribution in [0, 0.1) is 12.3 Å². The summed E-state index contributed by atoms with van der Waals surface area (Å²) in [6, 6.07) is 11.1. The predicted molar refractivity (Wildman–Crippen MR) is 130 cm³/mol. The van der Waals surface area contributed by atoms with Gasteiger partial charge in [-0.2, -0.15) is 0 Å². The zero-order chi connectivity index (χ0) is 23.0. The van der Waals surface area contributed by atoms with Crippen molar-refractivity contribution in [2.45, 2.75) is 53.1 Å². The molecule has 0 bridgehead atoms. The molecule has 0 saturated carbocycles. The predicted octanol–water partition coefficient (Wildman–Crippen LogP) is 4.11. The van der Waals surface area contributed by atoms with Crippen LogP contribution in [0.25, 0.3) is 0 Å². The average Bonchev–Trinajstić information content (AvgIpc) is 3.22. The van der Waals surface area contributed by atoms with Gasteiger partial charge in [-0.15, -0.1) is 11.3 Å². The number of amides is 2. The lowest BCUT2D eigenvalue weighted by Gasteiger charge is -2.43. The van der Waals surface area contributed by atoms with Gasteiger partial charge in [-0.05, 0) is 42.8 Å². The maximum Gasteiger partial charge on any atom is 0.236 e. The third-order valence-corrected chi connectivity index (χ3v) is 7.68. The van der Waals surface area contributed by atoms with Crippen molar-refractivity contribution in [3.8, 4) is 0 Å². The number of hydrogen-bond donors (Lipinski definition) is 0. The van der Waals surface area contributed by atoms with Gasteiger partial charge >= 0.3 is 0 Å². The Bertz CT molecular complexity index is 976. The Balaban J connectivity index is 1.48. The van der Waals surface area contributed by atoms with Crippen molar-refractivity contribution in [3.63, 3.8) is 0 Å². The Morgan fingerprint density at radius 2 is 1.78 bits per heavy atom. The topological polar surface area (TPSA) is 43.9 Å². The van der Waals surface area contributed by atoms with Crippen LogP contribution in [-0.2, 0) is 16.0 Å². The standard InChI is InChI=1S/C26H35N3O2S/c1-18-6-8-20(9-7-18)24-21-11-15-32-22(21)10-12-28(24)17-23(30)27-13-14-29(19(2)16-27)25(31)26(3,4)5/h6-9,11,15,19,24H,10,12-14,16-17H2,1-5H3. The van der Waals surface area contributed by atoms with Crippen molar-refractivity contribution in [1.82, 2.24) is 14.7 Å². The van der Waals surface area contributed by atoms with Gasteiger partial charge in [0.1, 0.15) is 0 Å². The Labute approximate surface area is 196 Å². The summed E-state index contributed by atoms with van der Waals surface area (Å²) in [5, 5.41) is 2.17. The molecular formula is C26H35N3O2S. The second kappa shape index (κ2) is 8.99. The minimum Gasteiger partial charge on any atom is -0.338 e. The number of hydrogen-bond acceptors (Lipinski definition) is 4. The molecule has 32 heavy (non-hydrogen) atoms. The highest BCUT2D eigenvalue weighted by Gasteiger charge is 2.36. The molecule has 1 saturated heterocycles. The summed E-state index contributed by atoms with van der Waals surface area (Å²) in [4.78, 5) is 33.8. The van der Waals surface area contributed by atoms with E-state index >= 15 is 0 Å². The molecule has 0 spiro atoms. The van der Waals surface area contributed by atoms with Gasteiger partial charge in [0.05, 0.1) is 12.6 Å². The van der Waals surface area contributed by atoms with Gasteiger partial charge in [0.2, 0.25) is 11.8 Å². The highest BCUT2D eigenvalue weighted by molar-refractivity contribution is 7.10. The number of thiophene rings is 1. The number of nitrogens with zero attached hydrogens (tertiary/aromatic N) is 3. The molecule has 5 nitrogen and oxygen atoms in total. The van der Waals surface area contributed by atoms with E-state index < -0.39 is 5.41 Å². The highest BCUT2D eigenvalue weighted by atomic mass is 32.1. The molecule has 1 aromatic heterocycles. The Morgan fingerprint density at radius 1 is 1.06 bits per heavy atom. The minimum absolute atomic E-state index is 0.0390. The molecule has 4 rings (SSSR count). The van der Waals surface area contributed by atoms with E-state index in [1.165, 1.54) is 21.6 Å². The lowest BCUT2D eigenvalue weighted by Crippen LogP contribution is -2.58. The van der Waals surface area contributed by atoms with Crippen LogP contribution in [0.3, 0.4) is 0 Å². The maximum absolute atomic E-state index is 13.3. The van der Waals surface area contributed by atoms with Crippen LogP contribution in [0.1, 0.15) is 55.3 Å². The first-order valence-corrected chi connectivity index (χ1v) is 12.5. The van der Waals surface area contributed by atoms with Gasteiger partial charge in [-0.1, -0.05) is 50.6 Å². The quantitative estimate of drug-likeness (QED) is 0.703. The van der Waals surface area contributed by atoms with Crippen LogP contribution < -0.4 is 0 Å². The molecule has 2 unspecified atom stereocenters. The van der Waals surface area contributed by atoms with Crippen LogP contribution in [0.4, 0.5) is 0 Å². The van der Waals surface area contributed by atoms with E-state index in [0.717, 1.165) is 13.0 Å². The van der Waals surface area contributed by atoms with Gasteiger partial charge in [0, 0.05) is 42.5 Å². The average molecular weight is 454 g/mol. The van der Waals surface area contributed by atoms with Crippen molar-refractivity contribution in [2.24, 2.45) is 5.41 Å². The number of fused-ring (bicyclic) bond motifs is 1. The van der Waals surface area contributed by atoms with Gasteiger partial charge in [-0.25, -0.2) is 0 Å². The monoisotopic (exact) mass is 453 g/mol. The fourth-order valence-electron chi connectivity index (χ4n) is 4.87. The van der Waals surface area contributed by atoms with Gasteiger partial charge in [0.25, 0.3) is 0 Å². The van der Waals surface area contributed by atoms with Crippen molar-refractivity contribution < 1.29 is 9.59 Å². The molecule has 2 aliphatic rings. The van der Waals surface area contributed by atoms with E-state index in [0.29, 0.717) is 26.2 Å². The first kappa shape index (κ1) is 23.0. The van der Waals surface area contributed by atoms with E-state index in [4.69, 9.17) is 0 Å². The molecule has 172 valence electrons. The summed E-state index contributed by atoms with van der Waals surface area (Å²) in [7, 11) is 0. The molecule has 2 aliphatic heterocycles. The summed E-state index contributed by atoms with van der Waals surface area (Å²) in [5.74, 6) is 0.327. The minimum atomic E-state index is -0.395. The van der Waals surface area contributed by atoms with Crippen LogP contribution in [-0.4, -0.2) is 65.3 Å². The molecule has 0 N–H and O–H groups in total. The maximum atomic E-state index is 13.3. The number of piperazine rings is 1. The summed E-state index contributed by atoms with van der Waals surface area (Å²) in [6.45, 7) is 13.2. The van der Waals surface area contributed by atoms with Gasteiger partial charge < -0.3 is 9.80 Å². The normalized spacial score (nSPS) is 22.0.